The van der Waals surface area contributed by atoms with Crippen LogP contribution in [0.15, 0.2) is 24.3 Å². The Kier molecular flexibility index (Phi) is 4.15. The Balaban J connectivity index is 3.60. The first kappa shape index (κ1) is 8.50. The van der Waals surface area contributed by atoms with Crippen molar-refractivity contribution in [1.29, 1.82) is 0 Å². The van der Waals surface area contributed by atoms with Crippen molar-refractivity contribution in [3.8, 4) is 0 Å². The Morgan fingerprint density at radius 1 is 1.44 bits per heavy atom. The molecule has 9 heavy (non-hydrogen) atoms. The zero-order valence-electron chi connectivity index (χ0n) is 5.91. The summed E-state index contributed by atoms with van der Waals surface area (Å²) in [5.41, 5.74) is 2.05. The maximum absolute atomic E-state index is 5.07. The third-order valence-corrected chi connectivity index (χ3v) is 1.24. The topological polar surface area (TPSA) is 12.0 Å². The molecule has 0 unspecified atom stereocenters. The van der Waals surface area contributed by atoms with Gasteiger partial charge in [-0.05, 0) is 12.0 Å². The molecular formula is C7H12BN. The fourth-order valence-corrected chi connectivity index (χ4v) is 0.498. The lowest BCUT2D eigenvalue weighted by atomic mass is 10.1. The van der Waals surface area contributed by atoms with Crippen molar-refractivity contribution < 1.29 is 0 Å². The van der Waals surface area contributed by atoms with Gasteiger partial charge >= 0.3 is 0 Å². The van der Waals surface area contributed by atoms with Crippen LogP contribution in [0.25, 0.3) is 0 Å². The van der Waals surface area contributed by atoms with Gasteiger partial charge in [0.1, 0.15) is 0 Å². The van der Waals surface area contributed by atoms with Crippen molar-refractivity contribution in [2.75, 3.05) is 6.54 Å². The molecule has 0 aromatic rings. The van der Waals surface area contributed by atoms with Crippen LogP contribution in [0.3, 0.4) is 0 Å². The van der Waals surface area contributed by atoms with E-state index >= 15 is 0 Å². The van der Waals surface area contributed by atoms with Crippen LogP contribution in [0.2, 0.25) is 0 Å². The zero-order valence-corrected chi connectivity index (χ0v) is 5.91. The fraction of sp³-hybridized carbons (Fsp3) is 0.429. The molecule has 0 aliphatic rings. The molecule has 0 saturated heterocycles. The van der Waals surface area contributed by atoms with Crippen molar-refractivity contribution in [3.63, 3.8) is 0 Å². The van der Waals surface area contributed by atoms with Gasteiger partial charge in [-0.3, -0.25) is 0 Å². The lowest BCUT2D eigenvalue weighted by Crippen LogP contribution is -2.12. The predicted molar refractivity (Wildman–Crippen MR) is 42.3 cm³/mol. The Bertz CT molecular complexity index is 118. The van der Waals surface area contributed by atoms with Gasteiger partial charge in [0.2, 0.25) is 0 Å². The highest BCUT2D eigenvalue weighted by Gasteiger charge is 1.93. The Morgan fingerprint density at radius 3 is 2.33 bits per heavy atom. The second-order valence-corrected chi connectivity index (χ2v) is 1.94. The van der Waals surface area contributed by atoms with Gasteiger partial charge in [0, 0.05) is 6.54 Å². The molecule has 0 amide bonds. The van der Waals surface area contributed by atoms with E-state index < -0.39 is 0 Å². The molecule has 0 fully saturated rings. The summed E-state index contributed by atoms with van der Waals surface area (Å²) < 4.78 is 0. The maximum Gasteiger partial charge on any atom is 0.178 e. The fourth-order valence-electron chi connectivity index (χ4n) is 0.498. The Labute approximate surface area is 58.3 Å². The minimum atomic E-state index is 0.632. The molecule has 0 aromatic heterocycles. The minimum Gasteiger partial charge on any atom is -0.363 e. The molecule has 0 aromatic carbocycles. The molecule has 0 rings (SSSR count). The summed E-state index contributed by atoms with van der Waals surface area (Å²) in [7, 11) is 5.07. The highest BCUT2D eigenvalue weighted by Crippen LogP contribution is 2.06. The van der Waals surface area contributed by atoms with E-state index in [-0.39, 0.29) is 0 Å². The lowest BCUT2D eigenvalue weighted by Gasteiger charge is -2.04. The van der Waals surface area contributed by atoms with E-state index in [4.69, 9.17) is 7.98 Å². The van der Waals surface area contributed by atoms with Gasteiger partial charge in [0.25, 0.3) is 0 Å². The van der Waals surface area contributed by atoms with Crippen molar-refractivity contribution in [2.24, 2.45) is 0 Å². The largest absolute Gasteiger partial charge is 0.363 e. The molecule has 2 radical (unpaired) electrons. The number of rotatable bonds is 4. The van der Waals surface area contributed by atoms with E-state index in [2.05, 4.69) is 18.4 Å². The van der Waals surface area contributed by atoms with Gasteiger partial charge in [-0.15, -0.1) is 0 Å². The molecule has 48 valence electrons. The van der Waals surface area contributed by atoms with E-state index in [0.29, 0.717) is 6.54 Å². The van der Waals surface area contributed by atoms with Crippen LogP contribution in [0.1, 0.15) is 13.3 Å². The third kappa shape index (κ3) is 3.14. The summed E-state index contributed by atoms with van der Waals surface area (Å²) in [5, 5.41) is 2.52. The third-order valence-electron chi connectivity index (χ3n) is 1.24. The SMILES string of the molecule is [B]NCC(=C)C(=C)CC. The molecule has 0 saturated carbocycles. The van der Waals surface area contributed by atoms with E-state index in [1.165, 1.54) is 0 Å². The molecule has 0 atom stereocenters. The van der Waals surface area contributed by atoms with E-state index in [1.807, 2.05) is 6.92 Å². The second kappa shape index (κ2) is 4.39. The molecule has 1 nitrogen and oxygen atoms in total. The molecule has 0 spiro atoms. The highest BCUT2D eigenvalue weighted by molar-refractivity contribution is 6.04. The van der Waals surface area contributed by atoms with Gasteiger partial charge < -0.3 is 5.23 Å². The van der Waals surface area contributed by atoms with Gasteiger partial charge in [0.15, 0.2) is 7.98 Å². The minimum absolute atomic E-state index is 0.632. The average molecular weight is 121 g/mol. The number of nitrogens with one attached hydrogen (secondary N) is 1. The van der Waals surface area contributed by atoms with Crippen LogP contribution in [-0.4, -0.2) is 14.5 Å². The quantitative estimate of drug-likeness (QED) is 0.435. The van der Waals surface area contributed by atoms with E-state index in [0.717, 1.165) is 17.6 Å². The Morgan fingerprint density at radius 2 is 2.00 bits per heavy atom. The first-order valence-electron chi connectivity index (χ1n) is 3.01. The summed E-state index contributed by atoms with van der Waals surface area (Å²) in [6.45, 7) is 10.2. The smallest absolute Gasteiger partial charge is 0.178 e. The lowest BCUT2D eigenvalue weighted by molar-refractivity contribution is 1.00. The molecule has 0 heterocycles. The first-order valence-corrected chi connectivity index (χ1v) is 3.01. The van der Waals surface area contributed by atoms with Crippen molar-refractivity contribution in [2.45, 2.75) is 13.3 Å². The summed E-state index contributed by atoms with van der Waals surface area (Å²) in [4.78, 5) is 0. The average Bonchev–Trinajstić information content (AvgIpc) is 1.87. The van der Waals surface area contributed by atoms with Gasteiger partial charge in [-0.25, -0.2) is 0 Å². The van der Waals surface area contributed by atoms with Crippen molar-refractivity contribution in [1.82, 2.24) is 5.23 Å². The van der Waals surface area contributed by atoms with Crippen LogP contribution in [0.5, 0.6) is 0 Å². The van der Waals surface area contributed by atoms with Crippen LogP contribution in [0.4, 0.5) is 0 Å². The van der Waals surface area contributed by atoms with Crippen LogP contribution in [0, 0.1) is 0 Å². The highest BCUT2D eigenvalue weighted by atomic mass is 14.7. The molecule has 2 heteroatoms. The van der Waals surface area contributed by atoms with Crippen LogP contribution < -0.4 is 5.23 Å². The zero-order chi connectivity index (χ0) is 7.28. The van der Waals surface area contributed by atoms with E-state index in [1.54, 1.807) is 0 Å². The van der Waals surface area contributed by atoms with Crippen LogP contribution >= 0.6 is 0 Å². The predicted octanol–water partition coefficient (Wildman–Crippen LogP) is 1.18. The molecule has 1 N–H and O–H groups in total. The van der Waals surface area contributed by atoms with Gasteiger partial charge in [-0.1, -0.05) is 25.7 Å². The normalized spacial score (nSPS) is 9.00. The van der Waals surface area contributed by atoms with Gasteiger partial charge in [0.05, 0.1) is 0 Å². The number of hydrogen-bond acceptors (Lipinski definition) is 1. The molecular weight excluding hydrogens is 109 g/mol. The van der Waals surface area contributed by atoms with Gasteiger partial charge in [-0.2, -0.15) is 0 Å². The number of hydrogen-bond donors (Lipinski definition) is 1. The summed E-state index contributed by atoms with van der Waals surface area (Å²) >= 11 is 0. The Hall–Kier alpha value is -0.495. The molecule has 0 bridgehead atoms. The standard InChI is InChI=1S/C7H12BN/c1-4-6(2)7(3)5-9-8/h9H,2-5H2,1H3. The van der Waals surface area contributed by atoms with Crippen molar-refractivity contribution >= 4 is 7.98 Å². The molecule has 0 aliphatic heterocycles. The summed E-state index contributed by atoms with van der Waals surface area (Å²) in [6.07, 6.45) is 0.945. The van der Waals surface area contributed by atoms with E-state index in [9.17, 15) is 0 Å². The maximum atomic E-state index is 5.07. The summed E-state index contributed by atoms with van der Waals surface area (Å²) in [5.74, 6) is 0. The monoisotopic (exact) mass is 121 g/mol. The first-order chi connectivity index (χ1) is 4.22. The second-order valence-electron chi connectivity index (χ2n) is 1.94. The van der Waals surface area contributed by atoms with Crippen LogP contribution in [-0.2, 0) is 0 Å². The molecule has 0 aliphatic carbocycles. The summed E-state index contributed by atoms with van der Waals surface area (Å²) in [6, 6.07) is 0. The van der Waals surface area contributed by atoms with Crippen molar-refractivity contribution in [3.05, 3.63) is 24.3 Å².